The molecule has 0 radical (unpaired) electrons. The summed E-state index contributed by atoms with van der Waals surface area (Å²) in [7, 11) is 0. The van der Waals surface area contributed by atoms with E-state index in [9.17, 15) is 83.1 Å². The number of ketones is 2. The minimum Gasteiger partial charge on any atom is -0.481 e. The average molecular weight is 1280 g/mol. The molecule has 6 amide bonds. The number of carboxylic acids is 1. The van der Waals surface area contributed by atoms with Gasteiger partial charge in [-0.1, -0.05) is 47.5 Å². The van der Waals surface area contributed by atoms with E-state index in [2.05, 4.69) is 26.0 Å². The van der Waals surface area contributed by atoms with Crippen LogP contribution in [0.15, 0.2) is 48.5 Å². The number of Topliss-reactive ketones (excluding diaryl/α,β-unsaturated/α-hetero) is 2. The van der Waals surface area contributed by atoms with Gasteiger partial charge in [-0.25, -0.2) is 17.6 Å². The number of esters is 1. The number of ether oxygens (including phenoxy) is 3. The fraction of sp³-hybridized carbons (Fsp3) is 0.452. The molecule has 90 heavy (non-hydrogen) atoms. The molecule has 0 saturated carbocycles. The molecule has 2 saturated heterocycles. The van der Waals surface area contributed by atoms with Gasteiger partial charge in [0.1, 0.15) is 30.9 Å². The van der Waals surface area contributed by atoms with E-state index in [1.165, 1.54) is 9.80 Å². The van der Waals surface area contributed by atoms with E-state index >= 15 is 0 Å². The number of rotatable bonds is 22. The summed E-state index contributed by atoms with van der Waals surface area (Å²) in [5.74, 6) is -27.9. The van der Waals surface area contributed by atoms with Gasteiger partial charge in [-0.15, -0.1) is 0 Å². The maximum absolute atomic E-state index is 14.0. The van der Waals surface area contributed by atoms with E-state index < -0.39 is 173 Å². The van der Waals surface area contributed by atoms with Gasteiger partial charge in [0.2, 0.25) is 35.1 Å². The van der Waals surface area contributed by atoms with Crippen molar-refractivity contribution < 1.29 is 102 Å². The van der Waals surface area contributed by atoms with Crippen LogP contribution in [0.5, 0.6) is 11.5 Å². The molecule has 2 aliphatic rings. The minimum absolute atomic E-state index is 0.0241. The third kappa shape index (κ3) is 20.8. The van der Waals surface area contributed by atoms with Crippen molar-refractivity contribution in [2.45, 2.75) is 118 Å². The first-order valence-electron chi connectivity index (χ1n) is 28.5. The summed E-state index contributed by atoms with van der Waals surface area (Å²) in [5.41, 5.74) is 5.46. The lowest BCUT2D eigenvalue weighted by Gasteiger charge is -2.31. The van der Waals surface area contributed by atoms with Gasteiger partial charge in [0, 0.05) is 63.2 Å². The molecule has 2 atom stereocenters. The Hall–Kier alpha value is -8.98. The standard InChI is InChI=1S/C33H39F4N3O7.C29H31F4N3O7/c1-18-6-7-19(2)21(14-18)8-11-38-31(44)32(45)40-12-9-20(10-13-40)30(43)39-24(16-26(42)47-33(3,4)5)25(41)17-46-29-27(36)22(34)15-23(35)28(29)37;1-15-3-4-16(2)18(11-15)5-8-34-28(41)29(42)36-9-6-17(7-10-36)27(40)35-21(13-23(38)39)22(37)14-43-26-24(32)19(30)12-20(31)25(26)33/h6-7,14-15,20,24H,8-13,16-17H2,1-5H3,(H,38,44)(H,39,43);3-4,11-12,17,21H,5-10,13-14H2,1-2H3,(H,34,41)(H,35,40)(H,38,39)/t24-;21-/m00/s1. The molecule has 488 valence electrons. The van der Waals surface area contributed by atoms with Crippen molar-refractivity contribution in [2.24, 2.45) is 11.8 Å². The van der Waals surface area contributed by atoms with Crippen LogP contribution in [0.2, 0.25) is 0 Å². The third-order valence-corrected chi connectivity index (χ3v) is 14.5. The van der Waals surface area contributed by atoms with Gasteiger partial charge in [0.05, 0.1) is 12.8 Å². The summed E-state index contributed by atoms with van der Waals surface area (Å²) < 4.78 is 124. The number of likely N-dealkylation sites (tertiary alicyclic amines) is 2. The number of carbonyl (C=O) groups excluding carboxylic acids is 9. The number of carbonyl (C=O) groups is 10. The van der Waals surface area contributed by atoms with E-state index in [4.69, 9.17) is 14.6 Å². The number of nitrogens with zero attached hydrogens (tertiary/aromatic N) is 2. The molecule has 4 aromatic rings. The molecule has 0 aromatic heterocycles. The average Bonchev–Trinajstić information content (AvgIpc) is 1.44. The van der Waals surface area contributed by atoms with Gasteiger partial charge in [-0.3, -0.25) is 47.9 Å². The summed E-state index contributed by atoms with van der Waals surface area (Å²) in [6.45, 7) is 11.0. The number of nitrogens with one attached hydrogen (secondary N) is 4. The maximum Gasteiger partial charge on any atom is 0.311 e. The lowest BCUT2D eigenvalue weighted by molar-refractivity contribution is -0.156. The fourth-order valence-corrected chi connectivity index (χ4v) is 9.53. The number of benzene rings is 4. The molecule has 2 aliphatic heterocycles. The van der Waals surface area contributed by atoms with Crippen LogP contribution in [-0.4, -0.2) is 144 Å². The van der Waals surface area contributed by atoms with E-state index in [1.807, 2.05) is 64.1 Å². The van der Waals surface area contributed by atoms with Gasteiger partial charge in [0.15, 0.2) is 46.3 Å². The van der Waals surface area contributed by atoms with Crippen LogP contribution < -0.4 is 30.7 Å². The molecule has 4 aromatic carbocycles. The number of amides is 6. The Kier molecular flexibility index (Phi) is 25.9. The topological polar surface area (TPSA) is 273 Å². The first-order chi connectivity index (χ1) is 42.2. The van der Waals surface area contributed by atoms with E-state index in [1.54, 1.807) is 20.8 Å². The first-order valence-corrected chi connectivity index (χ1v) is 28.5. The monoisotopic (exact) mass is 1270 g/mol. The summed E-state index contributed by atoms with van der Waals surface area (Å²) in [5, 5.41) is 19.1. The number of aryl methyl sites for hydroxylation is 4. The molecule has 0 spiro atoms. The van der Waals surface area contributed by atoms with Crippen LogP contribution >= 0.6 is 0 Å². The number of hydrogen-bond donors (Lipinski definition) is 5. The highest BCUT2D eigenvalue weighted by molar-refractivity contribution is 6.35. The number of piperidine rings is 2. The van der Waals surface area contributed by atoms with Crippen molar-refractivity contribution in [3.05, 3.63) is 128 Å². The molecule has 20 nitrogen and oxygen atoms in total. The normalized spacial score (nSPS) is 14.2. The van der Waals surface area contributed by atoms with Crippen LogP contribution in [0.25, 0.3) is 0 Å². The van der Waals surface area contributed by atoms with Crippen molar-refractivity contribution in [3.8, 4) is 11.5 Å². The lowest BCUT2D eigenvalue weighted by atomic mass is 9.95. The number of halogens is 8. The largest absolute Gasteiger partial charge is 0.481 e. The van der Waals surface area contributed by atoms with Crippen LogP contribution in [0, 0.1) is 86.1 Å². The Balaban J connectivity index is 0.000000329. The van der Waals surface area contributed by atoms with Crippen molar-refractivity contribution in [1.82, 2.24) is 31.1 Å². The summed E-state index contributed by atoms with van der Waals surface area (Å²) in [4.78, 5) is 128. The molecule has 0 bridgehead atoms. The Bertz CT molecular complexity index is 3310. The number of carboxylic acid groups (broad SMARTS) is 1. The number of aliphatic carboxylic acids is 1. The van der Waals surface area contributed by atoms with Crippen molar-refractivity contribution >= 4 is 58.9 Å². The van der Waals surface area contributed by atoms with Gasteiger partial charge < -0.3 is 50.4 Å². The van der Waals surface area contributed by atoms with E-state index in [0.29, 0.717) is 12.8 Å². The Morgan fingerprint density at radius 3 is 1.21 bits per heavy atom. The molecule has 28 heteroatoms. The van der Waals surface area contributed by atoms with Crippen LogP contribution in [0.4, 0.5) is 35.1 Å². The summed E-state index contributed by atoms with van der Waals surface area (Å²) >= 11 is 0. The SMILES string of the molecule is Cc1ccc(C)c(CCNC(=O)C(=O)N2CCC(C(=O)N[C@@H](CC(=O)O)C(=O)COc3c(F)c(F)cc(F)c3F)CC2)c1.Cc1ccc(C)c(CCNC(=O)C(=O)N2CCC(C(=O)N[C@@H](CC(=O)OC(C)(C)C)C(=O)COc3c(F)c(F)cc(F)c3F)CC2)c1. The first kappa shape index (κ1) is 71.8. The van der Waals surface area contributed by atoms with Crippen LogP contribution in [-0.2, 0) is 65.5 Å². The molecule has 2 heterocycles. The lowest BCUT2D eigenvalue weighted by Crippen LogP contribution is -2.51. The molecule has 5 N–H and O–H groups in total. The maximum atomic E-state index is 14.0. The highest BCUT2D eigenvalue weighted by atomic mass is 19.2. The zero-order valence-corrected chi connectivity index (χ0v) is 50.4. The van der Waals surface area contributed by atoms with E-state index in [-0.39, 0.29) is 77.1 Å². The predicted molar refractivity (Wildman–Crippen MR) is 304 cm³/mol. The van der Waals surface area contributed by atoms with Gasteiger partial charge in [-0.2, -0.15) is 17.6 Å². The van der Waals surface area contributed by atoms with Crippen molar-refractivity contribution in [3.63, 3.8) is 0 Å². The molecular formula is C62H70F8N6O14. The van der Waals surface area contributed by atoms with Gasteiger partial charge in [0.25, 0.3) is 0 Å². The van der Waals surface area contributed by atoms with Gasteiger partial charge in [-0.05, 0) is 109 Å². The van der Waals surface area contributed by atoms with Crippen molar-refractivity contribution in [1.29, 1.82) is 0 Å². The smallest absolute Gasteiger partial charge is 0.311 e. The fourth-order valence-electron chi connectivity index (χ4n) is 9.53. The number of hydrogen-bond acceptors (Lipinski definition) is 13. The van der Waals surface area contributed by atoms with Crippen LogP contribution in [0.3, 0.4) is 0 Å². The predicted octanol–water partition coefficient (Wildman–Crippen LogP) is 5.99. The van der Waals surface area contributed by atoms with Crippen LogP contribution in [0.1, 0.15) is 92.7 Å². The molecule has 2 fully saturated rings. The molecule has 0 unspecified atom stereocenters. The van der Waals surface area contributed by atoms with E-state index in [0.717, 1.165) is 33.4 Å². The molecular weight excluding hydrogens is 1200 g/mol. The Morgan fingerprint density at radius 1 is 0.533 bits per heavy atom. The zero-order chi connectivity index (χ0) is 66.9. The second-order valence-electron chi connectivity index (χ2n) is 22.6. The summed E-state index contributed by atoms with van der Waals surface area (Å²) in [6, 6.07) is 8.61. The quantitative estimate of drug-likeness (QED) is 0.0262. The minimum atomic E-state index is -1.89. The highest BCUT2D eigenvalue weighted by Gasteiger charge is 2.36. The molecule has 6 rings (SSSR count). The Morgan fingerprint density at radius 2 is 0.878 bits per heavy atom. The third-order valence-electron chi connectivity index (χ3n) is 14.5. The molecule has 0 aliphatic carbocycles. The second kappa shape index (κ2) is 32.5. The zero-order valence-electron chi connectivity index (χ0n) is 50.4. The second-order valence-corrected chi connectivity index (χ2v) is 22.6. The Labute approximate surface area is 512 Å². The highest BCUT2D eigenvalue weighted by Crippen LogP contribution is 2.29. The van der Waals surface area contributed by atoms with Crippen molar-refractivity contribution in [2.75, 3.05) is 52.5 Å². The van der Waals surface area contributed by atoms with Gasteiger partial charge >= 0.3 is 35.6 Å². The summed E-state index contributed by atoms with van der Waals surface area (Å²) in [6.07, 6.45) is -0.00567.